The van der Waals surface area contributed by atoms with E-state index >= 15 is 0 Å². The van der Waals surface area contributed by atoms with Crippen LogP contribution in [0.5, 0.6) is 11.5 Å². The van der Waals surface area contributed by atoms with Gasteiger partial charge in [0.1, 0.15) is 6.61 Å². The van der Waals surface area contributed by atoms with E-state index in [0.29, 0.717) is 53.8 Å². The molecule has 0 spiro atoms. The summed E-state index contributed by atoms with van der Waals surface area (Å²) in [6.45, 7) is 6.07. The molecule has 0 amide bonds. The Balaban J connectivity index is 1.68. The van der Waals surface area contributed by atoms with Crippen molar-refractivity contribution in [1.29, 1.82) is 0 Å². The third-order valence-corrected chi connectivity index (χ3v) is 4.71. The average Bonchev–Trinajstić information content (AvgIpc) is 3.16. The van der Waals surface area contributed by atoms with Crippen LogP contribution in [-0.2, 0) is 19.7 Å². The molecule has 2 aromatic carbocycles. The molecule has 0 saturated carbocycles. The first kappa shape index (κ1) is 20.2. The third-order valence-electron chi connectivity index (χ3n) is 3.97. The van der Waals surface area contributed by atoms with Gasteiger partial charge in [0.15, 0.2) is 11.5 Å². The Hall–Kier alpha value is -2.51. The number of benzene rings is 2. The average molecular weight is 422 g/mol. The lowest BCUT2D eigenvalue weighted by Gasteiger charge is -2.14. The number of nitrogens with zero attached hydrogens (tertiary/aromatic N) is 4. The van der Waals surface area contributed by atoms with Gasteiger partial charge in [0.05, 0.1) is 16.7 Å². The number of tetrazole rings is 1. The minimum Gasteiger partial charge on any atom is -0.490 e. The zero-order valence-corrected chi connectivity index (χ0v) is 17.2. The molecule has 1 aromatic heterocycles. The summed E-state index contributed by atoms with van der Waals surface area (Å²) in [6.07, 6.45) is 0. The van der Waals surface area contributed by atoms with Crippen LogP contribution in [-0.4, -0.2) is 26.8 Å². The third kappa shape index (κ3) is 5.05. The number of hydrogen-bond donors (Lipinski definition) is 1. The van der Waals surface area contributed by atoms with E-state index in [0.717, 1.165) is 11.1 Å². The fraction of sp³-hybridized carbons (Fsp3) is 0.316. The maximum absolute atomic E-state index is 6.06. The lowest BCUT2D eigenvalue weighted by molar-refractivity contribution is 0.269. The Morgan fingerprint density at radius 2 is 1.79 bits per heavy atom. The minimum atomic E-state index is 0.361. The lowest BCUT2D eigenvalue weighted by atomic mass is 10.2. The molecular formula is C19H21Cl2N5O2. The van der Waals surface area contributed by atoms with E-state index < -0.39 is 0 Å². The number of hydrogen-bond acceptors (Lipinski definition) is 6. The highest BCUT2D eigenvalue weighted by Crippen LogP contribution is 2.30. The van der Waals surface area contributed by atoms with Crippen LogP contribution in [0.3, 0.4) is 0 Å². The zero-order chi connectivity index (χ0) is 19.9. The number of aryl methyl sites for hydroxylation is 1. The van der Waals surface area contributed by atoms with Gasteiger partial charge in [-0.3, -0.25) is 0 Å². The number of ether oxygens (including phenoxy) is 2. The highest BCUT2D eigenvalue weighted by molar-refractivity contribution is 6.42. The highest BCUT2D eigenvalue weighted by Gasteiger charge is 2.09. The van der Waals surface area contributed by atoms with Gasteiger partial charge in [-0.15, -0.1) is 0 Å². The van der Waals surface area contributed by atoms with Gasteiger partial charge in [0.2, 0.25) is 5.95 Å². The van der Waals surface area contributed by atoms with Crippen LogP contribution < -0.4 is 14.8 Å². The molecule has 0 unspecified atom stereocenters. The SMILES string of the molecule is CCOc1cc(CNc2nnnn2CC)ccc1OCc1ccc(Cl)c(Cl)c1. The van der Waals surface area contributed by atoms with E-state index in [1.54, 1.807) is 16.8 Å². The van der Waals surface area contributed by atoms with Crippen molar-refractivity contribution < 1.29 is 9.47 Å². The van der Waals surface area contributed by atoms with Gasteiger partial charge in [-0.05, 0) is 59.7 Å². The van der Waals surface area contributed by atoms with E-state index in [-0.39, 0.29) is 0 Å². The summed E-state index contributed by atoms with van der Waals surface area (Å²) in [5.74, 6) is 1.97. The van der Waals surface area contributed by atoms with Crippen LogP contribution >= 0.6 is 23.2 Å². The number of aromatic nitrogens is 4. The Morgan fingerprint density at radius 3 is 2.54 bits per heavy atom. The van der Waals surface area contributed by atoms with E-state index in [1.807, 2.05) is 38.1 Å². The van der Waals surface area contributed by atoms with Crippen LogP contribution in [0.1, 0.15) is 25.0 Å². The van der Waals surface area contributed by atoms with E-state index in [9.17, 15) is 0 Å². The second-order valence-electron chi connectivity index (χ2n) is 5.92. The first-order chi connectivity index (χ1) is 13.6. The van der Waals surface area contributed by atoms with Crippen molar-refractivity contribution in [2.45, 2.75) is 33.5 Å². The molecule has 1 N–H and O–H groups in total. The van der Waals surface area contributed by atoms with Crippen molar-refractivity contribution >= 4 is 29.2 Å². The van der Waals surface area contributed by atoms with Crippen LogP contribution in [0, 0.1) is 0 Å². The van der Waals surface area contributed by atoms with Crippen molar-refractivity contribution in [1.82, 2.24) is 20.2 Å². The Labute approximate surface area is 173 Å². The molecule has 0 saturated heterocycles. The molecule has 148 valence electrons. The molecule has 9 heteroatoms. The van der Waals surface area contributed by atoms with Gasteiger partial charge in [-0.2, -0.15) is 0 Å². The smallest absolute Gasteiger partial charge is 0.243 e. The van der Waals surface area contributed by atoms with Crippen LogP contribution in [0.2, 0.25) is 10.0 Å². The zero-order valence-electron chi connectivity index (χ0n) is 15.7. The number of nitrogens with one attached hydrogen (secondary N) is 1. The van der Waals surface area contributed by atoms with Gasteiger partial charge < -0.3 is 14.8 Å². The molecular weight excluding hydrogens is 401 g/mol. The maximum Gasteiger partial charge on any atom is 0.243 e. The van der Waals surface area contributed by atoms with Crippen molar-refractivity contribution in [3.8, 4) is 11.5 Å². The quantitative estimate of drug-likeness (QED) is 0.544. The molecule has 3 aromatic rings. The second kappa shape index (κ2) is 9.61. The molecule has 1 heterocycles. The summed E-state index contributed by atoms with van der Waals surface area (Å²) in [6, 6.07) is 11.2. The Morgan fingerprint density at radius 1 is 0.964 bits per heavy atom. The highest BCUT2D eigenvalue weighted by atomic mass is 35.5. The molecule has 7 nitrogen and oxygen atoms in total. The molecule has 0 aliphatic rings. The minimum absolute atomic E-state index is 0.361. The summed E-state index contributed by atoms with van der Waals surface area (Å²) in [5.41, 5.74) is 1.95. The fourth-order valence-corrected chi connectivity index (χ4v) is 2.89. The molecule has 3 rings (SSSR count). The standard InChI is InChI=1S/C19H21Cl2N5O2/c1-3-26-19(23-24-25-26)22-11-13-6-8-17(18(10-13)27-4-2)28-12-14-5-7-15(20)16(21)9-14/h5-10H,3-4,11-12H2,1-2H3,(H,22,23,25). The van der Waals surface area contributed by atoms with Crippen molar-refractivity contribution in [3.05, 3.63) is 57.6 Å². The summed E-state index contributed by atoms with van der Waals surface area (Å²) < 4.78 is 13.4. The molecule has 28 heavy (non-hydrogen) atoms. The fourth-order valence-electron chi connectivity index (χ4n) is 2.57. The Kier molecular flexibility index (Phi) is 6.95. The van der Waals surface area contributed by atoms with Gasteiger partial charge in [0, 0.05) is 13.1 Å². The molecule has 0 bridgehead atoms. The first-order valence-corrected chi connectivity index (χ1v) is 9.68. The largest absolute Gasteiger partial charge is 0.490 e. The molecule has 0 radical (unpaired) electrons. The first-order valence-electron chi connectivity index (χ1n) is 8.93. The van der Waals surface area contributed by atoms with Crippen molar-refractivity contribution in [3.63, 3.8) is 0 Å². The summed E-state index contributed by atoms with van der Waals surface area (Å²) >= 11 is 12.0. The summed E-state index contributed by atoms with van der Waals surface area (Å²) in [5, 5.41) is 15.8. The monoisotopic (exact) mass is 421 g/mol. The lowest BCUT2D eigenvalue weighted by Crippen LogP contribution is -2.08. The predicted molar refractivity (Wildman–Crippen MR) is 109 cm³/mol. The topological polar surface area (TPSA) is 74.1 Å². The van der Waals surface area contributed by atoms with Gasteiger partial charge >= 0.3 is 0 Å². The second-order valence-corrected chi connectivity index (χ2v) is 6.74. The van der Waals surface area contributed by atoms with Crippen molar-refractivity contribution in [2.75, 3.05) is 11.9 Å². The van der Waals surface area contributed by atoms with E-state index in [1.165, 1.54) is 0 Å². The van der Waals surface area contributed by atoms with Crippen LogP contribution in [0.15, 0.2) is 36.4 Å². The van der Waals surface area contributed by atoms with Gasteiger partial charge in [0.25, 0.3) is 0 Å². The molecule has 0 aliphatic carbocycles. The summed E-state index contributed by atoms with van der Waals surface area (Å²) in [7, 11) is 0. The Bertz CT molecular complexity index is 932. The number of halogens is 2. The van der Waals surface area contributed by atoms with Crippen molar-refractivity contribution in [2.24, 2.45) is 0 Å². The number of anilines is 1. The maximum atomic E-state index is 6.06. The normalized spacial score (nSPS) is 10.7. The molecule has 0 fully saturated rings. The van der Waals surface area contributed by atoms with Gasteiger partial charge in [-0.25, -0.2) is 4.68 Å². The molecule has 0 atom stereocenters. The van der Waals surface area contributed by atoms with E-state index in [4.69, 9.17) is 32.7 Å². The summed E-state index contributed by atoms with van der Waals surface area (Å²) in [4.78, 5) is 0. The molecule has 0 aliphatic heterocycles. The predicted octanol–water partition coefficient (Wildman–Crippen LogP) is 4.59. The number of rotatable bonds is 9. The van der Waals surface area contributed by atoms with E-state index in [2.05, 4.69) is 20.8 Å². The van der Waals surface area contributed by atoms with Crippen LogP contribution in [0.4, 0.5) is 5.95 Å². The van der Waals surface area contributed by atoms with Crippen LogP contribution in [0.25, 0.3) is 0 Å². The van der Waals surface area contributed by atoms with Gasteiger partial charge in [-0.1, -0.05) is 40.4 Å².